The fourth-order valence-electron chi connectivity index (χ4n) is 2.10. The molecule has 0 aromatic rings. The Balaban J connectivity index is 0.00000441. The van der Waals surface area contributed by atoms with Crippen LogP contribution in [0.15, 0.2) is 0 Å². The molecule has 0 aromatic heterocycles. The largest absolute Gasteiger partial charge is 0.626 e. The van der Waals surface area contributed by atoms with Crippen molar-refractivity contribution in [2.45, 2.75) is 39.7 Å². The number of ether oxygens (including phenoxy) is 1. The molecule has 119 valence electrons. The van der Waals surface area contributed by atoms with E-state index in [-0.39, 0.29) is 38.6 Å². The molecule has 9 heteroatoms. The summed E-state index contributed by atoms with van der Waals surface area (Å²) in [5.74, 6) is -0.881. The number of thioether (sulfide) groups is 1. The summed E-state index contributed by atoms with van der Waals surface area (Å²) < 4.78 is 9.13. The number of likely N-dealkylation sites (tertiary alicyclic amines) is 1. The first-order valence-electron chi connectivity index (χ1n) is 6.72. The zero-order valence-electron chi connectivity index (χ0n) is 13.0. The first-order chi connectivity index (χ1) is 9.86. The van der Waals surface area contributed by atoms with Crippen molar-refractivity contribution in [2.24, 2.45) is 5.92 Å². The minimum atomic E-state index is -0.617. The normalized spacial score (nSPS) is 18.5. The molecule has 0 bridgehead atoms. The molecule has 1 heterocycles. The number of carbonyl (C=O) groups is 3. The van der Waals surface area contributed by atoms with Crippen molar-refractivity contribution in [1.82, 2.24) is 4.90 Å². The van der Waals surface area contributed by atoms with Gasteiger partial charge < -0.3 is 14.3 Å². The van der Waals surface area contributed by atoms with Gasteiger partial charge in [0.25, 0.3) is 0 Å². The Morgan fingerprint density at radius 3 is 2.59 bits per heavy atom. The van der Waals surface area contributed by atoms with Crippen LogP contribution in [-0.2, 0) is 51.7 Å². The number of nitrogens with zero attached hydrogens (tertiary/aromatic N) is 1. The molecular formula is C13H19BNO5SY-. The molecule has 0 saturated carbocycles. The van der Waals surface area contributed by atoms with Crippen molar-refractivity contribution in [3.63, 3.8) is 0 Å². The van der Waals surface area contributed by atoms with Crippen LogP contribution in [0.4, 0.5) is 4.79 Å². The summed E-state index contributed by atoms with van der Waals surface area (Å²) >= 11 is 0.945. The van der Waals surface area contributed by atoms with Crippen LogP contribution in [0.2, 0.25) is 0 Å². The summed E-state index contributed by atoms with van der Waals surface area (Å²) in [5.41, 5.74) is 0. The van der Waals surface area contributed by atoms with Gasteiger partial charge in [0, 0.05) is 50.9 Å². The van der Waals surface area contributed by atoms with E-state index < -0.39 is 23.2 Å². The van der Waals surface area contributed by atoms with Gasteiger partial charge >= 0.3 is 19.3 Å². The molecule has 0 spiro atoms. The maximum Gasteiger partial charge on any atom is 0.378 e. The van der Waals surface area contributed by atoms with Crippen molar-refractivity contribution in [3.8, 4) is 0 Å². The van der Waals surface area contributed by atoms with E-state index >= 15 is 0 Å². The molecule has 0 N–H and O–H groups in total. The van der Waals surface area contributed by atoms with Crippen LogP contribution in [0.25, 0.3) is 0 Å². The van der Waals surface area contributed by atoms with Gasteiger partial charge in [0.2, 0.25) is 5.91 Å². The zero-order valence-corrected chi connectivity index (χ0v) is 16.7. The van der Waals surface area contributed by atoms with Crippen molar-refractivity contribution in [3.05, 3.63) is 6.10 Å². The molecule has 2 atom stereocenters. The molecule has 0 unspecified atom stereocenters. The van der Waals surface area contributed by atoms with E-state index in [1.807, 2.05) is 0 Å². The van der Waals surface area contributed by atoms with E-state index in [0.29, 0.717) is 24.8 Å². The van der Waals surface area contributed by atoms with E-state index in [1.165, 1.54) is 4.90 Å². The molecule has 3 radical (unpaired) electrons. The van der Waals surface area contributed by atoms with Gasteiger partial charge in [-0.15, -0.1) is 6.10 Å². The molecule has 0 aliphatic carbocycles. The van der Waals surface area contributed by atoms with Crippen LogP contribution in [0.3, 0.4) is 0 Å². The molecule has 1 aliphatic rings. The van der Waals surface area contributed by atoms with Crippen LogP contribution >= 0.6 is 11.8 Å². The maximum absolute atomic E-state index is 12.3. The Morgan fingerprint density at radius 2 is 2.05 bits per heavy atom. The van der Waals surface area contributed by atoms with Crippen LogP contribution < -0.4 is 0 Å². The number of carbonyl (C=O) groups excluding carboxylic acids is 3. The summed E-state index contributed by atoms with van der Waals surface area (Å²) in [5, 5.41) is -0.436. The van der Waals surface area contributed by atoms with Gasteiger partial charge in [-0.2, -0.15) is 13.8 Å². The third-order valence-electron chi connectivity index (χ3n) is 3.08. The van der Waals surface area contributed by atoms with Crippen LogP contribution in [0.5, 0.6) is 0 Å². The van der Waals surface area contributed by atoms with E-state index in [4.69, 9.17) is 12.8 Å². The van der Waals surface area contributed by atoms with E-state index in [1.54, 1.807) is 20.8 Å². The van der Waals surface area contributed by atoms with Gasteiger partial charge in [0.05, 0.1) is 0 Å². The standard InChI is InChI=1S/C13H19BNO5S.Y/c1-8(2)19-13(18)21-7-9(3)11(16)15-6-4-5-10(15)12(17)20-14;/h9-10H,4-7H2,1-3H3;/q-1;/t9-,10+;/m1./s1. The summed E-state index contributed by atoms with van der Waals surface area (Å²) in [4.78, 5) is 36.7. The topological polar surface area (TPSA) is 72.9 Å². The first kappa shape index (κ1) is 21.9. The van der Waals surface area contributed by atoms with Gasteiger partial charge in [0.1, 0.15) is 6.04 Å². The Hall–Kier alpha value is -0.0712. The summed E-state index contributed by atoms with van der Waals surface area (Å²) in [6.07, 6.45) is 1.84. The SMILES string of the molecule is [B]OC(=O)[C@@H]1CCCN1C(=O)[C@H](C)CSC(=O)O[C-](C)C.[Y]. The van der Waals surface area contributed by atoms with Gasteiger partial charge in [-0.1, -0.05) is 6.92 Å². The van der Waals surface area contributed by atoms with Crippen LogP contribution in [-0.4, -0.2) is 48.5 Å². The maximum atomic E-state index is 12.3. The van der Waals surface area contributed by atoms with E-state index in [0.717, 1.165) is 18.2 Å². The smallest absolute Gasteiger partial charge is 0.378 e. The molecule has 6 nitrogen and oxygen atoms in total. The first-order valence-corrected chi connectivity index (χ1v) is 7.71. The molecule has 1 saturated heterocycles. The second-order valence-corrected chi connectivity index (χ2v) is 6.05. The minimum Gasteiger partial charge on any atom is -0.626 e. The molecule has 22 heavy (non-hydrogen) atoms. The molecule has 1 amide bonds. The Kier molecular flexibility index (Phi) is 10.6. The second-order valence-electron chi connectivity index (χ2n) is 5.10. The number of rotatable bonds is 5. The zero-order chi connectivity index (χ0) is 16.0. The van der Waals surface area contributed by atoms with Gasteiger partial charge in [-0.25, -0.2) is 4.79 Å². The predicted octanol–water partition coefficient (Wildman–Crippen LogP) is 1.68. The van der Waals surface area contributed by atoms with Crippen molar-refractivity contribution < 1.29 is 56.5 Å². The minimum absolute atomic E-state index is 0. The molecular weight excluding hydrogens is 382 g/mol. The fourth-order valence-corrected chi connectivity index (χ4v) is 2.85. The molecule has 0 aromatic carbocycles. The Morgan fingerprint density at radius 1 is 1.41 bits per heavy atom. The predicted molar refractivity (Wildman–Crippen MR) is 79.3 cm³/mol. The van der Waals surface area contributed by atoms with Crippen molar-refractivity contribution in [1.29, 1.82) is 0 Å². The van der Waals surface area contributed by atoms with Crippen molar-refractivity contribution in [2.75, 3.05) is 12.3 Å². The van der Waals surface area contributed by atoms with E-state index in [9.17, 15) is 14.4 Å². The molecule has 1 aliphatic heterocycles. The van der Waals surface area contributed by atoms with Gasteiger partial charge in [-0.05, 0) is 24.6 Å². The fraction of sp³-hybridized carbons (Fsp3) is 0.692. The number of amides is 1. The Labute approximate surface area is 161 Å². The number of hydrogen-bond acceptors (Lipinski definition) is 6. The van der Waals surface area contributed by atoms with Gasteiger partial charge in [-0.3, -0.25) is 9.59 Å². The van der Waals surface area contributed by atoms with Gasteiger partial charge in [0.15, 0.2) is 0 Å². The summed E-state index contributed by atoms with van der Waals surface area (Å²) in [7, 11) is 4.88. The average Bonchev–Trinajstić information content (AvgIpc) is 2.91. The molecule has 1 fully saturated rings. The Bertz CT molecular complexity index is 410. The third-order valence-corrected chi connectivity index (χ3v) is 4.07. The van der Waals surface area contributed by atoms with Crippen LogP contribution in [0, 0.1) is 12.0 Å². The monoisotopic (exact) mass is 401 g/mol. The number of hydrogen-bond donors (Lipinski definition) is 0. The summed E-state index contributed by atoms with van der Waals surface area (Å²) in [6, 6.07) is -0.617. The van der Waals surface area contributed by atoms with Crippen LogP contribution in [0.1, 0.15) is 33.6 Å². The third kappa shape index (κ3) is 6.59. The summed E-state index contributed by atoms with van der Waals surface area (Å²) in [6.45, 7) is 5.58. The average molecular weight is 401 g/mol. The quantitative estimate of drug-likeness (QED) is 0.397. The van der Waals surface area contributed by atoms with Crippen molar-refractivity contribution >= 4 is 37.0 Å². The van der Waals surface area contributed by atoms with E-state index in [2.05, 4.69) is 4.65 Å². The second kappa shape index (κ2) is 10.7. The molecule has 1 rings (SSSR count).